The van der Waals surface area contributed by atoms with Gasteiger partial charge in [-0.2, -0.15) is 0 Å². The van der Waals surface area contributed by atoms with Crippen LogP contribution in [0.25, 0.3) is 0 Å². The van der Waals surface area contributed by atoms with Gasteiger partial charge in [0.05, 0.1) is 0 Å². The molecule has 0 radical (unpaired) electrons. The van der Waals surface area contributed by atoms with Gasteiger partial charge in [-0.15, -0.1) is 0 Å². The van der Waals surface area contributed by atoms with Gasteiger partial charge in [-0.3, -0.25) is 4.90 Å². The summed E-state index contributed by atoms with van der Waals surface area (Å²) in [4.78, 5) is 2.40. The number of hydrogen-bond acceptors (Lipinski definition) is 2. The maximum Gasteiger partial charge on any atom is 0.0467 e. The minimum absolute atomic E-state index is 0.340. The Morgan fingerprint density at radius 1 is 1.47 bits per heavy atom. The number of nitrogens with zero attached hydrogens (tertiary/aromatic N) is 1. The largest absolute Gasteiger partial charge is 0.329 e. The van der Waals surface area contributed by atoms with Gasteiger partial charge in [-0.1, -0.05) is 28.1 Å². The fourth-order valence-corrected chi connectivity index (χ4v) is 2.62. The first kappa shape index (κ1) is 13.1. The summed E-state index contributed by atoms with van der Waals surface area (Å²) in [6.07, 6.45) is 2.78. The molecule has 2 rings (SSSR count). The Labute approximate surface area is 112 Å². The predicted octanol–water partition coefficient (Wildman–Crippen LogP) is 3.10. The molecule has 0 spiro atoms. The van der Waals surface area contributed by atoms with Crippen LogP contribution in [0.4, 0.5) is 0 Å². The first-order valence-electron chi connectivity index (χ1n) is 6.28. The molecule has 1 saturated carbocycles. The van der Waals surface area contributed by atoms with E-state index in [1.165, 1.54) is 35.0 Å². The van der Waals surface area contributed by atoms with Crippen molar-refractivity contribution in [2.45, 2.75) is 25.8 Å². The second-order valence-corrected chi connectivity index (χ2v) is 6.00. The molecule has 0 amide bonds. The standard InChI is InChI=1S/C14H21BrN2/c1-10-3-6-12(7-13(10)15)14(8-16)17(2)9-11-4-5-11/h3,6-7,11,14H,4-5,8-9,16H2,1-2H3. The van der Waals surface area contributed by atoms with E-state index in [9.17, 15) is 0 Å². The molecule has 0 bridgehead atoms. The van der Waals surface area contributed by atoms with Crippen molar-refractivity contribution in [1.82, 2.24) is 4.90 Å². The fraction of sp³-hybridized carbons (Fsp3) is 0.571. The molecule has 0 saturated heterocycles. The van der Waals surface area contributed by atoms with Gasteiger partial charge >= 0.3 is 0 Å². The van der Waals surface area contributed by atoms with Gasteiger partial charge in [0.2, 0.25) is 0 Å². The van der Waals surface area contributed by atoms with E-state index in [4.69, 9.17) is 5.73 Å². The third-order valence-electron chi connectivity index (χ3n) is 3.58. The molecule has 2 nitrogen and oxygen atoms in total. The highest BCUT2D eigenvalue weighted by molar-refractivity contribution is 9.10. The lowest BCUT2D eigenvalue weighted by molar-refractivity contribution is 0.240. The van der Waals surface area contributed by atoms with E-state index in [0.29, 0.717) is 12.6 Å². The first-order chi connectivity index (χ1) is 8.11. The van der Waals surface area contributed by atoms with Crippen molar-refractivity contribution in [2.75, 3.05) is 20.1 Å². The quantitative estimate of drug-likeness (QED) is 0.905. The Kier molecular flexibility index (Phi) is 4.23. The normalized spacial score (nSPS) is 17.5. The van der Waals surface area contributed by atoms with E-state index in [0.717, 1.165) is 5.92 Å². The van der Waals surface area contributed by atoms with Crippen LogP contribution in [0.1, 0.15) is 30.0 Å². The molecule has 1 atom stereocenters. The van der Waals surface area contributed by atoms with Crippen molar-refractivity contribution >= 4 is 15.9 Å². The van der Waals surface area contributed by atoms with Crippen LogP contribution >= 0.6 is 15.9 Å². The van der Waals surface area contributed by atoms with E-state index in [2.05, 4.69) is 53.0 Å². The fourth-order valence-electron chi connectivity index (χ4n) is 2.22. The van der Waals surface area contributed by atoms with Crippen molar-refractivity contribution in [3.05, 3.63) is 33.8 Å². The van der Waals surface area contributed by atoms with E-state index >= 15 is 0 Å². The van der Waals surface area contributed by atoms with Crippen molar-refractivity contribution in [3.8, 4) is 0 Å². The Morgan fingerprint density at radius 3 is 2.71 bits per heavy atom. The Balaban J connectivity index is 2.12. The lowest BCUT2D eigenvalue weighted by Gasteiger charge is -2.27. The third kappa shape index (κ3) is 3.30. The van der Waals surface area contributed by atoms with Crippen LogP contribution in [0, 0.1) is 12.8 Å². The molecule has 0 aromatic heterocycles. The average molecular weight is 297 g/mol. The monoisotopic (exact) mass is 296 g/mol. The molecule has 17 heavy (non-hydrogen) atoms. The summed E-state index contributed by atoms with van der Waals surface area (Å²) in [5.41, 5.74) is 8.52. The molecule has 0 aliphatic heterocycles. The molecule has 2 N–H and O–H groups in total. The van der Waals surface area contributed by atoms with Crippen molar-refractivity contribution < 1.29 is 0 Å². The number of aryl methyl sites for hydroxylation is 1. The second kappa shape index (κ2) is 5.51. The first-order valence-corrected chi connectivity index (χ1v) is 7.07. The van der Waals surface area contributed by atoms with E-state index in [1.54, 1.807) is 0 Å². The molecule has 0 heterocycles. The van der Waals surface area contributed by atoms with Gasteiger partial charge in [0.1, 0.15) is 0 Å². The lowest BCUT2D eigenvalue weighted by Crippen LogP contribution is -2.32. The molecular weight excluding hydrogens is 276 g/mol. The second-order valence-electron chi connectivity index (χ2n) is 5.14. The molecular formula is C14H21BrN2. The summed E-state index contributed by atoms with van der Waals surface area (Å²) in [5.74, 6) is 0.905. The maximum atomic E-state index is 5.93. The Morgan fingerprint density at radius 2 is 2.18 bits per heavy atom. The topological polar surface area (TPSA) is 29.3 Å². The van der Waals surface area contributed by atoms with Crippen LogP contribution < -0.4 is 5.73 Å². The summed E-state index contributed by atoms with van der Waals surface area (Å²) in [5, 5.41) is 0. The summed E-state index contributed by atoms with van der Waals surface area (Å²) in [6, 6.07) is 6.90. The summed E-state index contributed by atoms with van der Waals surface area (Å²) in [6.45, 7) is 3.96. The Hall–Kier alpha value is -0.380. The number of rotatable bonds is 5. The zero-order valence-corrected chi connectivity index (χ0v) is 12.2. The number of nitrogens with two attached hydrogens (primary N) is 1. The average Bonchev–Trinajstić information content (AvgIpc) is 3.08. The third-order valence-corrected chi connectivity index (χ3v) is 4.43. The van der Waals surface area contributed by atoms with E-state index < -0.39 is 0 Å². The van der Waals surface area contributed by atoms with Crippen LogP contribution in [-0.2, 0) is 0 Å². The maximum absolute atomic E-state index is 5.93. The SMILES string of the molecule is Cc1ccc(C(CN)N(C)CC2CC2)cc1Br. The van der Waals surface area contributed by atoms with Gasteiger partial charge in [-0.05, 0) is 49.9 Å². The minimum atomic E-state index is 0.340. The van der Waals surface area contributed by atoms with E-state index in [-0.39, 0.29) is 0 Å². The molecule has 1 aliphatic carbocycles. The predicted molar refractivity (Wildman–Crippen MR) is 76.0 cm³/mol. The summed E-state index contributed by atoms with van der Waals surface area (Å²) < 4.78 is 1.17. The molecule has 1 fully saturated rings. The van der Waals surface area contributed by atoms with Crippen LogP contribution in [0.15, 0.2) is 22.7 Å². The van der Waals surface area contributed by atoms with Gasteiger partial charge in [0, 0.05) is 23.6 Å². The van der Waals surface area contributed by atoms with Crippen molar-refractivity contribution in [3.63, 3.8) is 0 Å². The van der Waals surface area contributed by atoms with Gasteiger partial charge < -0.3 is 5.73 Å². The van der Waals surface area contributed by atoms with Crippen LogP contribution in [0.5, 0.6) is 0 Å². The Bertz CT molecular complexity index is 388. The number of hydrogen-bond donors (Lipinski definition) is 1. The van der Waals surface area contributed by atoms with Gasteiger partial charge in [0.25, 0.3) is 0 Å². The van der Waals surface area contributed by atoms with Gasteiger partial charge in [-0.25, -0.2) is 0 Å². The number of likely N-dealkylation sites (N-methyl/N-ethyl adjacent to an activating group) is 1. The zero-order valence-electron chi connectivity index (χ0n) is 10.6. The highest BCUT2D eigenvalue weighted by Crippen LogP contribution is 2.32. The van der Waals surface area contributed by atoms with Crippen LogP contribution in [0.2, 0.25) is 0 Å². The zero-order chi connectivity index (χ0) is 12.4. The van der Waals surface area contributed by atoms with Crippen LogP contribution in [0.3, 0.4) is 0 Å². The lowest BCUT2D eigenvalue weighted by atomic mass is 10.0. The highest BCUT2D eigenvalue weighted by atomic mass is 79.9. The molecule has 1 unspecified atom stereocenters. The van der Waals surface area contributed by atoms with Crippen molar-refractivity contribution in [2.24, 2.45) is 11.7 Å². The molecule has 1 aromatic carbocycles. The molecule has 1 aliphatic rings. The minimum Gasteiger partial charge on any atom is -0.329 e. The molecule has 3 heteroatoms. The van der Waals surface area contributed by atoms with Gasteiger partial charge in [0.15, 0.2) is 0 Å². The number of benzene rings is 1. The van der Waals surface area contributed by atoms with E-state index in [1.807, 2.05) is 0 Å². The smallest absolute Gasteiger partial charge is 0.0467 e. The van der Waals surface area contributed by atoms with Crippen LogP contribution in [-0.4, -0.2) is 25.0 Å². The summed E-state index contributed by atoms with van der Waals surface area (Å²) >= 11 is 3.60. The number of halogens is 1. The highest BCUT2D eigenvalue weighted by Gasteiger charge is 2.26. The molecule has 94 valence electrons. The van der Waals surface area contributed by atoms with Crippen molar-refractivity contribution in [1.29, 1.82) is 0 Å². The summed E-state index contributed by atoms with van der Waals surface area (Å²) in [7, 11) is 2.18. The molecule has 1 aromatic rings.